The van der Waals surface area contributed by atoms with Crippen molar-refractivity contribution in [1.29, 1.82) is 0 Å². The van der Waals surface area contributed by atoms with Crippen molar-refractivity contribution in [2.24, 2.45) is 0 Å². The van der Waals surface area contributed by atoms with Gasteiger partial charge >= 0.3 is 7.12 Å². The smallest absolute Gasteiger partial charge is 0.492 e. The lowest BCUT2D eigenvalue weighted by atomic mass is 9.79. The van der Waals surface area contributed by atoms with Gasteiger partial charge in [0.05, 0.1) is 59.9 Å². The molecule has 1 aliphatic rings. The quantitative estimate of drug-likeness (QED) is 0.0250. The Morgan fingerprint density at radius 1 is 0.301 bits per heavy atom. The Morgan fingerprint density at radius 2 is 0.538 bits per heavy atom. The Hall–Kier alpha value is -4.30. The molecular formula is C84H123BBr2O6. The second kappa shape index (κ2) is 48.4. The highest BCUT2D eigenvalue weighted by Gasteiger charge is 2.51. The predicted molar refractivity (Wildman–Crippen MR) is 404 cm³/mol. The summed E-state index contributed by atoms with van der Waals surface area (Å²) in [5, 5.41) is 0. The van der Waals surface area contributed by atoms with E-state index in [-0.39, 0.29) is 0 Å². The van der Waals surface area contributed by atoms with Crippen molar-refractivity contribution in [2.75, 3.05) is 26.4 Å². The van der Waals surface area contributed by atoms with Crippen LogP contribution in [0, 0.1) is 35.5 Å². The van der Waals surface area contributed by atoms with Gasteiger partial charge in [-0.2, -0.15) is 0 Å². The first kappa shape index (κ1) is 79.4. The molecule has 0 spiro atoms. The minimum Gasteiger partial charge on any atom is -0.492 e. The van der Waals surface area contributed by atoms with Gasteiger partial charge in [0, 0.05) is 44.3 Å². The molecule has 0 N–H and O–H groups in total. The Balaban J connectivity index is 1.52. The molecule has 0 radical (unpaired) electrons. The van der Waals surface area contributed by atoms with E-state index >= 15 is 0 Å². The molecule has 1 fully saturated rings. The first-order chi connectivity index (χ1) is 45.4. The lowest BCUT2D eigenvalue weighted by Crippen LogP contribution is -2.41. The van der Waals surface area contributed by atoms with Crippen LogP contribution in [0.15, 0.2) is 75.7 Å². The fourth-order valence-corrected chi connectivity index (χ4v) is 13.1. The molecule has 1 aliphatic heterocycles. The zero-order chi connectivity index (χ0) is 66.5. The highest BCUT2D eigenvalue weighted by molar-refractivity contribution is 9.11. The van der Waals surface area contributed by atoms with E-state index in [1.54, 1.807) is 0 Å². The molecule has 9 heteroatoms. The van der Waals surface area contributed by atoms with Crippen molar-refractivity contribution >= 4 is 44.4 Å². The van der Waals surface area contributed by atoms with Crippen LogP contribution in [0.4, 0.5) is 0 Å². The molecule has 93 heavy (non-hydrogen) atoms. The van der Waals surface area contributed by atoms with Crippen molar-refractivity contribution in [3.05, 3.63) is 109 Å². The van der Waals surface area contributed by atoms with E-state index in [9.17, 15) is 0 Å². The summed E-state index contributed by atoms with van der Waals surface area (Å²) < 4.78 is 42.0. The number of unbranched alkanes of at least 4 members (excludes halogenated alkanes) is 36. The van der Waals surface area contributed by atoms with Crippen molar-refractivity contribution in [3.63, 3.8) is 0 Å². The molecule has 512 valence electrons. The number of ether oxygens (including phenoxy) is 4. The zero-order valence-corrected chi connectivity index (χ0v) is 62.9. The third-order valence-electron chi connectivity index (χ3n) is 18.5. The maximum Gasteiger partial charge on any atom is 0.494 e. The van der Waals surface area contributed by atoms with Gasteiger partial charge in [0.2, 0.25) is 0 Å². The van der Waals surface area contributed by atoms with E-state index < -0.39 is 18.3 Å². The minimum atomic E-state index is -0.440. The van der Waals surface area contributed by atoms with Crippen LogP contribution >= 0.6 is 31.9 Å². The van der Waals surface area contributed by atoms with Crippen LogP contribution in [0.3, 0.4) is 0 Å². The van der Waals surface area contributed by atoms with Gasteiger partial charge in [-0.05, 0) is 89.2 Å². The molecule has 1 saturated heterocycles. The van der Waals surface area contributed by atoms with Crippen LogP contribution in [0.2, 0.25) is 0 Å². The second-order valence-corrected chi connectivity index (χ2v) is 29.3. The molecule has 5 rings (SSSR count). The van der Waals surface area contributed by atoms with Crippen LogP contribution in [0.5, 0.6) is 23.0 Å². The van der Waals surface area contributed by atoms with E-state index in [0.29, 0.717) is 43.7 Å². The standard InChI is InChI=1S/C84H123BBr2O6/c1-9-13-17-21-25-29-33-37-41-45-59-88-79-67-74(81(90-61-47-43-39-35-31-27-23-19-15-11-3)65-72(79)53-49-70-51-57-76(58-52-70)85-92-83(5,6)84(7,8)93-85)55-56-75-68-80(89-60-46-42-38-34-30-26-22-18-14-10-2)73(54-50-71-63-77(86)69-78(87)64-71)66-82(75)91-62-48-44-40-36-32-28-24-20-16-12-4/h51-52,57-58,63-69H,9-48,59-62H2,1-8H3. The number of benzene rings is 4. The molecule has 0 aromatic heterocycles. The molecule has 0 aliphatic carbocycles. The topological polar surface area (TPSA) is 55.4 Å². The average molecular weight is 1400 g/mol. The summed E-state index contributed by atoms with van der Waals surface area (Å²) in [7, 11) is -0.440. The van der Waals surface area contributed by atoms with Crippen LogP contribution in [0.25, 0.3) is 0 Å². The van der Waals surface area contributed by atoms with Crippen LogP contribution < -0.4 is 24.4 Å². The molecular weight excluding hydrogens is 1280 g/mol. The van der Waals surface area contributed by atoms with Crippen LogP contribution in [0.1, 0.15) is 346 Å². The number of halogens is 2. The van der Waals surface area contributed by atoms with Crippen molar-refractivity contribution in [3.8, 4) is 58.5 Å². The maximum absolute atomic E-state index is 6.86. The van der Waals surface area contributed by atoms with Gasteiger partial charge in [-0.25, -0.2) is 0 Å². The van der Waals surface area contributed by atoms with Crippen molar-refractivity contribution in [2.45, 2.75) is 323 Å². The highest BCUT2D eigenvalue weighted by atomic mass is 79.9. The van der Waals surface area contributed by atoms with Gasteiger partial charge in [-0.3, -0.25) is 0 Å². The number of rotatable bonds is 49. The molecule has 0 bridgehead atoms. The molecule has 0 unspecified atom stereocenters. The summed E-state index contributed by atoms with van der Waals surface area (Å²) in [5.41, 5.74) is 5.01. The summed E-state index contributed by atoms with van der Waals surface area (Å²) in [6.45, 7) is 19.9. The predicted octanol–water partition coefficient (Wildman–Crippen LogP) is 24.9. The molecule has 0 amide bonds. The lowest BCUT2D eigenvalue weighted by Gasteiger charge is -2.32. The lowest BCUT2D eigenvalue weighted by molar-refractivity contribution is 0.00578. The summed E-state index contributed by atoms with van der Waals surface area (Å²) in [6.07, 6.45) is 50.3. The molecule has 4 aromatic rings. The summed E-state index contributed by atoms with van der Waals surface area (Å²) in [4.78, 5) is 0. The van der Waals surface area contributed by atoms with Crippen LogP contribution in [-0.2, 0) is 9.31 Å². The van der Waals surface area contributed by atoms with Crippen molar-refractivity contribution in [1.82, 2.24) is 0 Å². The Kier molecular flexibility index (Phi) is 41.3. The Labute approximate surface area is 586 Å². The fraction of sp³-hybridized carbons (Fsp3) is 0.643. The zero-order valence-electron chi connectivity index (χ0n) is 59.7. The largest absolute Gasteiger partial charge is 0.494 e. The minimum absolute atomic E-state index is 0.422. The molecule has 0 atom stereocenters. The average Bonchev–Trinajstić information content (AvgIpc) is 1.67. The van der Waals surface area contributed by atoms with Gasteiger partial charge in [0.25, 0.3) is 0 Å². The van der Waals surface area contributed by atoms with E-state index in [0.717, 1.165) is 105 Å². The SMILES string of the molecule is CCCCCCCCCCCCOc1cc(C#Cc2cc(OCCCCCCCCCCCC)c(C#Cc3cc(Br)cc(Br)c3)cc2OCCCCCCCCCCCC)c(OCCCCCCCCCCCC)cc1C#Cc1ccc(B2OC(C)(C)C(C)(C)O2)cc1. The van der Waals surface area contributed by atoms with Gasteiger partial charge < -0.3 is 28.3 Å². The molecule has 4 aromatic carbocycles. The first-order valence-electron chi connectivity index (χ1n) is 37.7. The van der Waals surface area contributed by atoms with Gasteiger partial charge in [-0.1, -0.05) is 338 Å². The van der Waals surface area contributed by atoms with E-state index in [1.165, 1.54) is 205 Å². The molecule has 1 heterocycles. The Bertz CT molecular complexity index is 2820. The molecule has 6 nitrogen and oxygen atoms in total. The summed E-state index contributed by atoms with van der Waals surface area (Å²) in [6, 6.07) is 22.7. The van der Waals surface area contributed by atoms with Crippen LogP contribution in [-0.4, -0.2) is 44.7 Å². The summed E-state index contributed by atoms with van der Waals surface area (Å²) >= 11 is 7.37. The van der Waals surface area contributed by atoms with E-state index in [1.807, 2.05) is 18.2 Å². The maximum atomic E-state index is 6.86. The second-order valence-electron chi connectivity index (χ2n) is 27.4. The number of hydrogen-bond donors (Lipinski definition) is 0. The fourth-order valence-electron chi connectivity index (χ4n) is 11.8. The molecule has 0 saturated carbocycles. The third kappa shape index (κ3) is 33.0. The summed E-state index contributed by atoms with van der Waals surface area (Å²) in [5.74, 6) is 24.2. The monoisotopic (exact) mass is 1400 g/mol. The van der Waals surface area contributed by atoms with Gasteiger partial charge in [0.15, 0.2) is 0 Å². The van der Waals surface area contributed by atoms with Crippen molar-refractivity contribution < 1.29 is 28.3 Å². The highest BCUT2D eigenvalue weighted by Crippen LogP contribution is 2.37. The number of hydrogen-bond acceptors (Lipinski definition) is 6. The van der Waals surface area contributed by atoms with E-state index in [2.05, 4.69) is 171 Å². The first-order valence-corrected chi connectivity index (χ1v) is 39.3. The third-order valence-corrected chi connectivity index (χ3v) is 19.4. The van der Waals surface area contributed by atoms with E-state index in [4.69, 9.17) is 28.3 Å². The normalized spacial score (nSPS) is 13.0. The van der Waals surface area contributed by atoms with Gasteiger partial charge in [-0.15, -0.1) is 0 Å². The van der Waals surface area contributed by atoms with Gasteiger partial charge in [0.1, 0.15) is 23.0 Å². The Morgan fingerprint density at radius 3 is 0.806 bits per heavy atom.